The lowest BCUT2D eigenvalue weighted by atomic mass is 10.2. The monoisotopic (exact) mass is 362 g/mol. The third-order valence-electron chi connectivity index (χ3n) is 4.38. The Bertz CT molecular complexity index is 1020. The van der Waals surface area contributed by atoms with Crippen molar-refractivity contribution >= 4 is 21.1 Å². The van der Waals surface area contributed by atoms with Gasteiger partial charge >= 0.3 is 0 Å². The predicted molar refractivity (Wildman–Crippen MR) is 88.2 cm³/mol. The number of hydrogen-bond donors (Lipinski definition) is 1. The second-order valence-electron chi connectivity index (χ2n) is 5.97. The third-order valence-corrected chi connectivity index (χ3v) is 5.75. The quantitative estimate of drug-likeness (QED) is 0.725. The summed E-state index contributed by atoms with van der Waals surface area (Å²) < 4.78 is 34.9. The number of aromatic nitrogens is 5. The molecular weight excluding hydrogens is 344 g/mol. The van der Waals surface area contributed by atoms with E-state index in [4.69, 9.17) is 4.52 Å². The van der Waals surface area contributed by atoms with Gasteiger partial charge in [-0.3, -0.25) is 0 Å². The normalized spacial score (nSPS) is 14.8. The van der Waals surface area contributed by atoms with Crippen LogP contribution in [0, 0.1) is 0 Å². The van der Waals surface area contributed by atoms with Gasteiger partial charge in [-0.15, -0.1) is 10.2 Å². The van der Waals surface area contributed by atoms with Crippen LogP contribution in [0.5, 0.6) is 0 Å². The highest BCUT2D eigenvalue weighted by Gasteiger charge is 2.21. The Morgan fingerprint density at radius 1 is 1.32 bits per heavy atom. The van der Waals surface area contributed by atoms with Crippen LogP contribution in [0.2, 0.25) is 0 Å². The highest BCUT2D eigenvalue weighted by Crippen LogP contribution is 2.21. The first-order valence-corrected chi connectivity index (χ1v) is 9.71. The number of hydrogen-bond acceptors (Lipinski definition) is 7. The Kier molecular flexibility index (Phi) is 4.00. The van der Waals surface area contributed by atoms with Gasteiger partial charge in [0.05, 0.1) is 23.8 Å². The largest absolute Gasteiger partial charge is 0.336 e. The van der Waals surface area contributed by atoms with E-state index in [1.54, 1.807) is 6.07 Å². The summed E-state index contributed by atoms with van der Waals surface area (Å²) in [4.78, 5) is 4.13. The first-order valence-electron chi connectivity index (χ1n) is 8.23. The van der Waals surface area contributed by atoms with Gasteiger partial charge in [0.25, 0.3) is 5.71 Å². The van der Waals surface area contributed by atoms with Crippen LogP contribution in [0.3, 0.4) is 0 Å². The molecule has 3 aromatic heterocycles. The summed E-state index contributed by atoms with van der Waals surface area (Å²) in [5.74, 6) is 1.55. The average Bonchev–Trinajstić information content (AvgIpc) is 3.23. The Balaban J connectivity index is 1.58. The van der Waals surface area contributed by atoms with E-state index in [0.717, 1.165) is 31.6 Å². The molecule has 1 N–H and O–H groups in total. The van der Waals surface area contributed by atoms with E-state index in [1.807, 2.05) is 11.5 Å². The van der Waals surface area contributed by atoms with Crippen LogP contribution >= 0.6 is 0 Å². The third kappa shape index (κ3) is 2.91. The minimum atomic E-state index is -3.72. The molecule has 4 heterocycles. The van der Waals surface area contributed by atoms with Crippen molar-refractivity contribution in [1.82, 2.24) is 29.6 Å². The molecule has 0 radical (unpaired) electrons. The van der Waals surface area contributed by atoms with E-state index in [-0.39, 0.29) is 11.4 Å². The molecule has 0 saturated carbocycles. The molecule has 0 bridgehead atoms. The summed E-state index contributed by atoms with van der Waals surface area (Å²) in [5, 5.41) is 12.8. The summed E-state index contributed by atoms with van der Waals surface area (Å²) in [5.41, 5.74) is 1.02. The fourth-order valence-electron chi connectivity index (χ4n) is 3.00. The fourth-order valence-corrected chi connectivity index (χ4v) is 3.95. The number of nitrogens with zero attached hydrogens (tertiary/aromatic N) is 5. The summed E-state index contributed by atoms with van der Waals surface area (Å²) in [6.07, 6.45) is 4.94. The van der Waals surface area contributed by atoms with Gasteiger partial charge in [0.2, 0.25) is 10.0 Å². The minimum absolute atomic E-state index is 0.0799. The van der Waals surface area contributed by atoms with Crippen LogP contribution in [0.25, 0.3) is 11.1 Å². The lowest BCUT2D eigenvalue weighted by molar-refractivity contribution is 0.439. The molecule has 0 aliphatic carbocycles. The SMILES string of the molecule is CCc1noc2ncc(S(=O)(=O)NCc3nnc4n3CCCC4)cc12. The summed E-state index contributed by atoms with van der Waals surface area (Å²) in [6.45, 7) is 2.84. The molecule has 0 fully saturated rings. The Morgan fingerprint density at radius 3 is 3.04 bits per heavy atom. The molecule has 0 aromatic carbocycles. The number of sulfonamides is 1. The van der Waals surface area contributed by atoms with E-state index < -0.39 is 10.0 Å². The minimum Gasteiger partial charge on any atom is -0.336 e. The van der Waals surface area contributed by atoms with Crippen LogP contribution in [0.4, 0.5) is 0 Å². The molecule has 3 aromatic rings. The molecule has 0 saturated heterocycles. The van der Waals surface area contributed by atoms with E-state index in [1.165, 1.54) is 6.20 Å². The maximum absolute atomic E-state index is 12.6. The van der Waals surface area contributed by atoms with Gasteiger partial charge in [0.1, 0.15) is 16.5 Å². The van der Waals surface area contributed by atoms with Crippen molar-refractivity contribution in [3.8, 4) is 0 Å². The lowest BCUT2D eigenvalue weighted by Crippen LogP contribution is -2.26. The number of nitrogens with one attached hydrogen (secondary N) is 1. The fraction of sp³-hybridized carbons (Fsp3) is 0.467. The summed E-state index contributed by atoms with van der Waals surface area (Å²) in [6, 6.07) is 1.54. The standard InChI is InChI=1S/C15H18N6O3S/c1-2-12-11-7-10(8-16-15(11)24-20-12)25(22,23)17-9-14-19-18-13-5-3-4-6-21(13)14/h7-8,17H,2-6,9H2,1H3. The molecule has 4 rings (SSSR count). The van der Waals surface area contributed by atoms with Crippen molar-refractivity contribution < 1.29 is 12.9 Å². The number of pyridine rings is 1. The highest BCUT2D eigenvalue weighted by atomic mass is 32.2. The predicted octanol–water partition coefficient (Wildman–Crippen LogP) is 1.19. The molecule has 0 atom stereocenters. The van der Waals surface area contributed by atoms with Gasteiger partial charge < -0.3 is 9.09 Å². The van der Waals surface area contributed by atoms with Crippen molar-refractivity contribution in [3.05, 3.63) is 29.6 Å². The van der Waals surface area contributed by atoms with Crippen LogP contribution < -0.4 is 4.72 Å². The number of aryl methyl sites for hydroxylation is 2. The van der Waals surface area contributed by atoms with Crippen LogP contribution in [-0.2, 0) is 36.0 Å². The van der Waals surface area contributed by atoms with Gasteiger partial charge in [0, 0.05) is 13.0 Å². The van der Waals surface area contributed by atoms with Crippen LogP contribution in [0.1, 0.15) is 37.1 Å². The molecule has 1 aliphatic rings. The molecule has 0 unspecified atom stereocenters. The lowest BCUT2D eigenvalue weighted by Gasteiger charge is -2.14. The van der Waals surface area contributed by atoms with Crippen molar-refractivity contribution in [2.24, 2.45) is 0 Å². The van der Waals surface area contributed by atoms with E-state index in [2.05, 4.69) is 25.1 Å². The molecular formula is C15H18N6O3S. The molecule has 0 amide bonds. The summed E-state index contributed by atoms with van der Waals surface area (Å²) >= 11 is 0. The maximum atomic E-state index is 12.6. The Morgan fingerprint density at radius 2 is 2.20 bits per heavy atom. The second-order valence-corrected chi connectivity index (χ2v) is 7.74. The average molecular weight is 362 g/mol. The molecule has 0 spiro atoms. The highest BCUT2D eigenvalue weighted by molar-refractivity contribution is 7.89. The molecule has 132 valence electrons. The Labute approximate surface area is 144 Å². The zero-order valence-electron chi connectivity index (χ0n) is 13.8. The van der Waals surface area contributed by atoms with Crippen molar-refractivity contribution in [2.45, 2.75) is 50.6 Å². The number of rotatable bonds is 5. The van der Waals surface area contributed by atoms with Gasteiger partial charge in [0.15, 0.2) is 0 Å². The maximum Gasteiger partial charge on any atom is 0.258 e. The second kappa shape index (κ2) is 6.19. The molecule has 1 aliphatic heterocycles. The van der Waals surface area contributed by atoms with E-state index in [0.29, 0.717) is 29.0 Å². The van der Waals surface area contributed by atoms with Gasteiger partial charge in [-0.1, -0.05) is 12.1 Å². The first-order chi connectivity index (χ1) is 12.1. The van der Waals surface area contributed by atoms with Gasteiger partial charge in [-0.05, 0) is 25.3 Å². The Hall–Kier alpha value is -2.33. The number of fused-ring (bicyclic) bond motifs is 2. The first kappa shape index (κ1) is 16.2. The van der Waals surface area contributed by atoms with E-state index >= 15 is 0 Å². The zero-order valence-corrected chi connectivity index (χ0v) is 14.6. The van der Waals surface area contributed by atoms with Crippen molar-refractivity contribution in [2.75, 3.05) is 0 Å². The zero-order chi connectivity index (χ0) is 17.4. The van der Waals surface area contributed by atoms with Crippen molar-refractivity contribution in [3.63, 3.8) is 0 Å². The molecule has 25 heavy (non-hydrogen) atoms. The van der Waals surface area contributed by atoms with E-state index in [9.17, 15) is 8.42 Å². The van der Waals surface area contributed by atoms with Crippen LogP contribution in [-0.4, -0.2) is 33.3 Å². The van der Waals surface area contributed by atoms with Gasteiger partial charge in [-0.25, -0.2) is 18.1 Å². The smallest absolute Gasteiger partial charge is 0.258 e. The van der Waals surface area contributed by atoms with Crippen LogP contribution in [0.15, 0.2) is 21.7 Å². The molecule has 10 heteroatoms. The van der Waals surface area contributed by atoms with Gasteiger partial charge in [-0.2, -0.15) is 0 Å². The van der Waals surface area contributed by atoms with Crippen molar-refractivity contribution in [1.29, 1.82) is 0 Å². The topological polar surface area (TPSA) is 116 Å². The molecule has 9 nitrogen and oxygen atoms in total. The summed E-state index contributed by atoms with van der Waals surface area (Å²) in [7, 11) is -3.72.